The SMILES string of the molecule is CC(CCNC(=O)NCCCN(C)C)CCC(=O)O. The van der Waals surface area contributed by atoms with Gasteiger partial charge in [0.2, 0.25) is 0 Å². The predicted octanol–water partition coefficient (Wildman–Crippen LogP) is 1.13. The van der Waals surface area contributed by atoms with Gasteiger partial charge in [0.25, 0.3) is 0 Å². The Balaban J connectivity index is 3.44. The van der Waals surface area contributed by atoms with Crippen LogP contribution in [0.15, 0.2) is 0 Å². The summed E-state index contributed by atoms with van der Waals surface area (Å²) in [6, 6.07) is -0.149. The van der Waals surface area contributed by atoms with Crippen LogP contribution in [0, 0.1) is 5.92 Å². The van der Waals surface area contributed by atoms with Gasteiger partial charge in [0.15, 0.2) is 0 Å². The molecule has 0 fully saturated rings. The number of nitrogens with one attached hydrogen (secondary N) is 2. The third kappa shape index (κ3) is 12.9. The molecular formula is C13H27N3O3. The Bertz CT molecular complexity index is 270. The molecule has 0 aliphatic carbocycles. The van der Waals surface area contributed by atoms with E-state index < -0.39 is 5.97 Å². The smallest absolute Gasteiger partial charge is 0.314 e. The number of rotatable bonds is 10. The van der Waals surface area contributed by atoms with Crippen LogP contribution in [0.5, 0.6) is 0 Å². The Kier molecular flexibility index (Phi) is 9.88. The second-order valence-electron chi connectivity index (χ2n) is 5.17. The van der Waals surface area contributed by atoms with Gasteiger partial charge in [-0.15, -0.1) is 0 Å². The van der Waals surface area contributed by atoms with Crippen LogP contribution in [0.4, 0.5) is 4.79 Å². The fourth-order valence-corrected chi connectivity index (χ4v) is 1.61. The van der Waals surface area contributed by atoms with E-state index in [1.54, 1.807) is 0 Å². The van der Waals surface area contributed by atoms with Gasteiger partial charge in [0.1, 0.15) is 0 Å². The lowest BCUT2D eigenvalue weighted by atomic mass is 10.0. The normalized spacial score (nSPS) is 12.2. The fourth-order valence-electron chi connectivity index (χ4n) is 1.61. The monoisotopic (exact) mass is 273 g/mol. The molecule has 0 aromatic rings. The lowest BCUT2D eigenvalue weighted by Crippen LogP contribution is -2.37. The average molecular weight is 273 g/mol. The Morgan fingerprint density at radius 2 is 1.79 bits per heavy atom. The van der Waals surface area contributed by atoms with E-state index in [2.05, 4.69) is 15.5 Å². The topological polar surface area (TPSA) is 81.7 Å². The Hall–Kier alpha value is -1.30. The molecule has 0 aliphatic rings. The first-order chi connectivity index (χ1) is 8.91. The van der Waals surface area contributed by atoms with Crippen molar-refractivity contribution in [1.82, 2.24) is 15.5 Å². The third-order valence-corrected chi connectivity index (χ3v) is 2.84. The van der Waals surface area contributed by atoms with Crippen LogP contribution in [0.2, 0.25) is 0 Å². The number of amides is 2. The Morgan fingerprint density at radius 3 is 2.37 bits per heavy atom. The molecule has 3 N–H and O–H groups in total. The summed E-state index contributed by atoms with van der Waals surface area (Å²) in [5.74, 6) is -0.455. The number of hydrogen-bond acceptors (Lipinski definition) is 3. The van der Waals surface area contributed by atoms with Gasteiger partial charge in [-0.05, 0) is 45.8 Å². The van der Waals surface area contributed by atoms with Crippen molar-refractivity contribution in [3.63, 3.8) is 0 Å². The number of nitrogens with zero attached hydrogens (tertiary/aromatic N) is 1. The summed E-state index contributed by atoms with van der Waals surface area (Å²) in [5.41, 5.74) is 0. The highest BCUT2D eigenvalue weighted by molar-refractivity contribution is 5.73. The van der Waals surface area contributed by atoms with E-state index in [0.717, 1.165) is 19.4 Å². The minimum Gasteiger partial charge on any atom is -0.481 e. The maximum absolute atomic E-state index is 11.4. The molecule has 0 heterocycles. The van der Waals surface area contributed by atoms with Crippen LogP contribution < -0.4 is 10.6 Å². The molecule has 0 aromatic carbocycles. The second kappa shape index (κ2) is 10.6. The molecule has 1 atom stereocenters. The zero-order chi connectivity index (χ0) is 14.7. The van der Waals surface area contributed by atoms with Gasteiger partial charge in [-0.1, -0.05) is 6.92 Å². The number of carboxylic acids is 1. The van der Waals surface area contributed by atoms with Gasteiger partial charge in [0, 0.05) is 19.5 Å². The van der Waals surface area contributed by atoms with Crippen molar-refractivity contribution in [3.05, 3.63) is 0 Å². The minimum absolute atomic E-state index is 0.149. The lowest BCUT2D eigenvalue weighted by molar-refractivity contribution is -0.137. The van der Waals surface area contributed by atoms with Gasteiger partial charge in [-0.3, -0.25) is 4.79 Å². The standard InChI is InChI=1S/C13H27N3O3/c1-11(5-6-12(17)18)7-9-15-13(19)14-8-4-10-16(2)3/h11H,4-10H2,1-3H3,(H,17,18)(H2,14,15,19). The van der Waals surface area contributed by atoms with Gasteiger partial charge < -0.3 is 20.6 Å². The summed E-state index contributed by atoms with van der Waals surface area (Å²) >= 11 is 0. The first-order valence-corrected chi connectivity index (χ1v) is 6.80. The fraction of sp³-hybridized carbons (Fsp3) is 0.846. The van der Waals surface area contributed by atoms with Crippen molar-refractivity contribution >= 4 is 12.0 Å². The van der Waals surface area contributed by atoms with E-state index in [4.69, 9.17) is 5.11 Å². The van der Waals surface area contributed by atoms with Crippen LogP contribution in [0.25, 0.3) is 0 Å². The molecule has 0 bridgehead atoms. The predicted molar refractivity (Wildman–Crippen MR) is 75.2 cm³/mol. The Morgan fingerprint density at radius 1 is 1.16 bits per heavy atom. The zero-order valence-corrected chi connectivity index (χ0v) is 12.2. The first kappa shape index (κ1) is 17.7. The van der Waals surface area contributed by atoms with Gasteiger partial charge in [0.05, 0.1) is 0 Å². The minimum atomic E-state index is -0.765. The highest BCUT2D eigenvalue weighted by atomic mass is 16.4. The largest absolute Gasteiger partial charge is 0.481 e. The summed E-state index contributed by atoms with van der Waals surface area (Å²) in [5, 5.41) is 14.1. The summed E-state index contributed by atoms with van der Waals surface area (Å²) in [6.45, 7) is 4.20. The molecule has 0 radical (unpaired) electrons. The second-order valence-corrected chi connectivity index (χ2v) is 5.17. The number of hydrogen-bond donors (Lipinski definition) is 3. The van der Waals surface area contributed by atoms with Crippen LogP contribution in [-0.4, -0.2) is 55.7 Å². The highest BCUT2D eigenvalue weighted by Gasteiger charge is 2.06. The van der Waals surface area contributed by atoms with Crippen LogP contribution in [0.1, 0.15) is 32.6 Å². The average Bonchev–Trinajstić information content (AvgIpc) is 2.32. The molecule has 112 valence electrons. The van der Waals surface area contributed by atoms with Crippen LogP contribution in [0.3, 0.4) is 0 Å². The summed E-state index contributed by atoms with van der Waals surface area (Å²) in [6.07, 6.45) is 2.58. The molecule has 0 spiro atoms. The molecular weight excluding hydrogens is 246 g/mol. The summed E-state index contributed by atoms with van der Waals surface area (Å²) in [7, 11) is 4.00. The highest BCUT2D eigenvalue weighted by Crippen LogP contribution is 2.08. The van der Waals surface area contributed by atoms with E-state index in [1.807, 2.05) is 21.0 Å². The van der Waals surface area contributed by atoms with Crippen molar-refractivity contribution < 1.29 is 14.7 Å². The molecule has 19 heavy (non-hydrogen) atoms. The van der Waals surface area contributed by atoms with E-state index in [0.29, 0.717) is 25.4 Å². The molecule has 6 nitrogen and oxygen atoms in total. The number of urea groups is 1. The van der Waals surface area contributed by atoms with Crippen molar-refractivity contribution in [1.29, 1.82) is 0 Å². The number of aliphatic carboxylic acids is 1. The van der Waals surface area contributed by atoms with Crippen LogP contribution >= 0.6 is 0 Å². The zero-order valence-electron chi connectivity index (χ0n) is 12.2. The molecule has 0 saturated heterocycles. The molecule has 0 rings (SSSR count). The molecule has 0 aromatic heterocycles. The number of carbonyl (C=O) groups is 2. The third-order valence-electron chi connectivity index (χ3n) is 2.84. The maximum atomic E-state index is 11.4. The van der Waals surface area contributed by atoms with Crippen molar-refractivity contribution in [2.24, 2.45) is 5.92 Å². The van der Waals surface area contributed by atoms with E-state index in [1.165, 1.54) is 0 Å². The van der Waals surface area contributed by atoms with E-state index in [9.17, 15) is 9.59 Å². The van der Waals surface area contributed by atoms with E-state index in [-0.39, 0.29) is 12.5 Å². The number of carbonyl (C=O) groups excluding carboxylic acids is 1. The van der Waals surface area contributed by atoms with E-state index >= 15 is 0 Å². The number of carboxylic acid groups (broad SMARTS) is 1. The lowest BCUT2D eigenvalue weighted by Gasteiger charge is -2.12. The van der Waals surface area contributed by atoms with Crippen molar-refractivity contribution in [2.45, 2.75) is 32.6 Å². The van der Waals surface area contributed by atoms with Crippen LogP contribution in [-0.2, 0) is 4.79 Å². The van der Waals surface area contributed by atoms with Crippen molar-refractivity contribution in [3.8, 4) is 0 Å². The van der Waals surface area contributed by atoms with Gasteiger partial charge in [-0.2, -0.15) is 0 Å². The molecule has 2 amide bonds. The molecule has 6 heteroatoms. The first-order valence-electron chi connectivity index (χ1n) is 6.80. The summed E-state index contributed by atoms with van der Waals surface area (Å²) < 4.78 is 0. The quantitative estimate of drug-likeness (QED) is 0.521. The summed E-state index contributed by atoms with van der Waals surface area (Å²) in [4.78, 5) is 23.9. The van der Waals surface area contributed by atoms with Crippen molar-refractivity contribution in [2.75, 3.05) is 33.7 Å². The molecule has 0 saturated carbocycles. The Labute approximate surface area is 115 Å². The maximum Gasteiger partial charge on any atom is 0.314 e. The van der Waals surface area contributed by atoms with Gasteiger partial charge >= 0.3 is 12.0 Å². The molecule has 1 unspecified atom stereocenters. The molecule has 0 aliphatic heterocycles. The van der Waals surface area contributed by atoms with Gasteiger partial charge in [-0.25, -0.2) is 4.79 Å².